The van der Waals surface area contributed by atoms with Crippen LogP contribution in [0.4, 0.5) is 0 Å². The maximum atomic E-state index is 4.53. The zero-order valence-corrected chi connectivity index (χ0v) is 14.5. The highest BCUT2D eigenvalue weighted by Crippen LogP contribution is 2.16. The molecular formula is C20H21N5. The molecule has 0 bridgehead atoms. The summed E-state index contributed by atoms with van der Waals surface area (Å²) in [5.74, 6) is 0. The summed E-state index contributed by atoms with van der Waals surface area (Å²) < 4.78 is 1.98. The third kappa shape index (κ3) is 3.19. The molecule has 0 aliphatic carbocycles. The molecule has 3 heterocycles. The van der Waals surface area contributed by atoms with Crippen molar-refractivity contribution in [2.75, 3.05) is 0 Å². The van der Waals surface area contributed by atoms with E-state index >= 15 is 0 Å². The van der Waals surface area contributed by atoms with Crippen LogP contribution in [0.3, 0.4) is 0 Å². The molecule has 126 valence electrons. The van der Waals surface area contributed by atoms with Gasteiger partial charge in [-0.25, -0.2) is 9.67 Å². The van der Waals surface area contributed by atoms with Gasteiger partial charge in [0.1, 0.15) is 5.65 Å². The second-order valence-corrected chi connectivity index (χ2v) is 6.32. The van der Waals surface area contributed by atoms with E-state index in [0.29, 0.717) is 0 Å². The summed E-state index contributed by atoms with van der Waals surface area (Å²) in [6.45, 7) is 5.73. The minimum Gasteiger partial charge on any atom is -0.346 e. The highest BCUT2D eigenvalue weighted by Gasteiger charge is 2.05. The number of fused-ring (bicyclic) bond motifs is 1. The van der Waals surface area contributed by atoms with E-state index in [1.807, 2.05) is 24.0 Å². The van der Waals surface area contributed by atoms with Gasteiger partial charge in [-0.3, -0.25) is 0 Å². The topological polar surface area (TPSA) is 58.5 Å². The number of pyridine rings is 1. The van der Waals surface area contributed by atoms with E-state index in [4.69, 9.17) is 0 Å². The Balaban J connectivity index is 1.42. The van der Waals surface area contributed by atoms with Gasteiger partial charge in [-0.1, -0.05) is 12.1 Å². The molecule has 4 rings (SSSR count). The fourth-order valence-electron chi connectivity index (χ4n) is 3.16. The number of aromatic nitrogens is 4. The largest absolute Gasteiger partial charge is 0.346 e. The van der Waals surface area contributed by atoms with Gasteiger partial charge in [-0.2, -0.15) is 5.10 Å². The number of nitrogens with one attached hydrogen (secondary N) is 2. The lowest BCUT2D eigenvalue weighted by Crippen LogP contribution is -2.13. The Bertz CT molecular complexity index is 995. The number of nitrogens with zero attached hydrogens (tertiary/aromatic N) is 3. The molecule has 1 aromatic carbocycles. The van der Waals surface area contributed by atoms with Gasteiger partial charge in [0.05, 0.1) is 11.4 Å². The molecule has 2 N–H and O–H groups in total. The van der Waals surface area contributed by atoms with Crippen molar-refractivity contribution in [1.82, 2.24) is 25.1 Å². The molecule has 0 saturated heterocycles. The van der Waals surface area contributed by atoms with Crippen LogP contribution in [0.2, 0.25) is 0 Å². The molecule has 5 heteroatoms. The van der Waals surface area contributed by atoms with Crippen molar-refractivity contribution >= 4 is 11.0 Å². The van der Waals surface area contributed by atoms with E-state index < -0.39 is 0 Å². The summed E-state index contributed by atoms with van der Waals surface area (Å²) in [6, 6.07) is 14.8. The van der Waals surface area contributed by atoms with Crippen molar-refractivity contribution in [2.45, 2.75) is 26.9 Å². The lowest BCUT2D eigenvalue weighted by Gasteiger charge is -2.08. The first-order chi connectivity index (χ1) is 12.2. The summed E-state index contributed by atoms with van der Waals surface area (Å²) in [4.78, 5) is 7.47. The highest BCUT2D eigenvalue weighted by atomic mass is 15.3. The number of H-pyrrole nitrogens is 1. The normalized spacial score (nSPS) is 11.3. The molecule has 0 aliphatic heterocycles. The van der Waals surface area contributed by atoms with Crippen molar-refractivity contribution in [3.8, 4) is 5.69 Å². The number of aromatic amines is 1. The predicted molar refractivity (Wildman–Crippen MR) is 99.7 cm³/mol. The fraction of sp³-hybridized carbons (Fsp3) is 0.200. The van der Waals surface area contributed by atoms with E-state index in [1.54, 1.807) is 0 Å². The number of rotatable bonds is 5. The molecule has 4 aromatic rings. The fourth-order valence-corrected chi connectivity index (χ4v) is 3.16. The van der Waals surface area contributed by atoms with Crippen LogP contribution in [-0.2, 0) is 13.1 Å². The van der Waals surface area contributed by atoms with E-state index in [1.165, 1.54) is 16.5 Å². The van der Waals surface area contributed by atoms with E-state index in [-0.39, 0.29) is 0 Å². The minimum absolute atomic E-state index is 0.816. The Kier molecular flexibility index (Phi) is 4.07. The molecule has 0 amide bonds. The standard InChI is InChI=1S/C20H21N5/c1-14-11-15(2)25(24-14)18-5-3-16(4-6-18)12-21-13-17-7-9-22-20-19(17)8-10-23-20/h3-11,21H,12-13H2,1-2H3,(H,22,23). The average molecular weight is 331 g/mol. The van der Waals surface area contributed by atoms with Crippen LogP contribution >= 0.6 is 0 Å². The molecule has 0 saturated carbocycles. The molecular weight excluding hydrogens is 310 g/mol. The smallest absolute Gasteiger partial charge is 0.137 e. The Hall–Kier alpha value is -2.92. The van der Waals surface area contributed by atoms with Crippen LogP contribution in [0.1, 0.15) is 22.5 Å². The molecule has 0 atom stereocenters. The Morgan fingerprint density at radius 2 is 1.88 bits per heavy atom. The SMILES string of the molecule is Cc1cc(C)n(-c2ccc(CNCc3ccnc4[nH]ccc34)cc2)n1. The Labute approximate surface area is 146 Å². The summed E-state index contributed by atoms with van der Waals surface area (Å²) >= 11 is 0. The summed E-state index contributed by atoms with van der Waals surface area (Å²) in [7, 11) is 0. The van der Waals surface area contributed by atoms with Crippen molar-refractivity contribution in [2.24, 2.45) is 0 Å². The van der Waals surface area contributed by atoms with Crippen LogP contribution in [0, 0.1) is 13.8 Å². The maximum Gasteiger partial charge on any atom is 0.137 e. The number of hydrogen-bond acceptors (Lipinski definition) is 3. The van der Waals surface area contributed by atoms with Gasteiger partial charge in [-0.15, -0.1) is 0 Å². The number of aryl methyl sites for hydroxylation is 2. The highest BCUT2D eigenvalue weighted by molar-refractivity contribution is 5.79. The molecule has 0 spiro atoms. The number of benzene rings is 1. The Morgan fingerprint density at radius 3 is 2.64 bits per heavy atom. The van der Waals surface area contributed by atoms with Crippen LogP contribution in [0.25, 0.3) is 16.7 Å². The van der Waals surface area contributed by atoms with Gasteiger partial charge >= 0.3 is 0 Å². The monoisotopic (exact) mass is 331 g/mol. The van der Waals surface area contributed by atoms with Crippen molar-refractivity contribution in [3.05, 3.63) is 77.4 Å². The van der Waals surface area contributed by atoms with E-state index in [9.17, 15) is 0 Å². The zero-order chi connectivity index (χ0) is 17.2. The van der Waals surface area contributed by atoms with Crippen molar-refractivity contribution < 1.29 is 0 Å². The lowest BCUT2D eigenvalue weighted by atomic mass is 10.1. The van der Waals surface area contributed by atoms with Gasteiger partial charge in [0.15, 0.2) is 0 Å². The quantitative estimate of drug-likeness (QED) is 0.587. The second kappa shape index (κ2) is 6.53. The van der Waals surface area contributed by atoms with Crippen LogP contribution < -0.4 is 5.32 Å². The van der Waals surface area contributed by atoms with Crippen LogP contribution in [-0.4, -0.2) is 19.7 Å². The number of hydrogen-bond donors (Lipinski definition) is 2. The first kappa shape index (κ1) is 15.6. The first-order valence-electron chi connectivity index (χ1n) is 8.45. The lowest BCUT2D eigenvalue weighted by molar-refractivity contribution is 0.696. The first-order valence-corrected chi connectivity index (χ1v) is 8.45. The maximum absolute atomic E-state index is 4.53. The molecule has 5 nitrogen and oxygen atoms in total. The van der Waals surface area contributed by atoms with Gasteiger partial charge in [0.25, 0.3) is 0 Å². The third-order valence-corrected chi connectivity index (χ3v) is 4.39. The van der Waals surface area contributed by atoms with Gasteiger partial charge in [-0.05, 0) is 55.3 Å². The predicted octanol–water partition coefficient (Wildman–Crippen LogP) is 3.66. The Morgan fingerprint density at radius 1 is 1.04 bits per heavy atom. The van der Waals surface area contributed by atoms with Gasteiger partial charge < -0.3 is 10.3 Å². The van der Waals surface area contributed by atoms with Crippen molar-refractivity contribution in [1.29, 1.82) is 0 Å². The second-order valence-electron chi connectivity index (χ2n) is 6.32. The molecule has 0 aliphatic rings. The average Bonchev–Trinajstić information content (AvgIpc) is 3.22. The molecule has 0 radical (unpaired) electrons. The molecule has 0 unspecified atom stereocenters. The van der Waals surface area contributed by atoms with E-state index in [2.05, 4.69) is 69.8 Å². The molecule has 0 fully saturated rings. The minimum atomic E-state index is 0.816. The van der Waals surface area contributed by atoms with E-state index in [0.717, 1.165) is 35.8 Å². The van der Waals surface area contributed by atoms with Gasteiger partial charge in [0.2, 0.25) is 0 Å². The zero-order valence-electron chi connectivity index (χ0n) is 14.5. The van der Waals surface area contributed by atoms with Crippen LogP contribution in [0.15, 0.2) is 54.9 Å². The third-order valence-electron chi connectivity index (χ3n) is 4.39. The van der Waals surface area contributed by atoms with Gasteiger partial charge in [0, 0.05) is 36.6 Å². The summed E-state index contributed by atoms with van der Waals surface area (Å²) in [6.07, 6.45) is 3.78. The van der Waals surface area contributed by atoms with Crippen LogP contribution in [0.5, 0.6) is 0 Å². The summed E-state index contributed by atoms with van der Waals surface area (Å²) in [5.41, 5.74) is 6.73. The molecule has 25 heavy (non-hydrogen) atoms. The summed E-state index contributed by atoms with van der Waals surface area (Å²) in [5, 5.41) is 9.21. The van der Waals surface area contributed by atoms with Crippen molar-refractivity contribution in [3.63, 3.8) is 0 Å². The molecule has 3 aromatic heterocycles.